The van der Waals surface area contributed by atoms with Crippen molar-refractivity contribution < 1.29 is 4.74 Å². The molecule has 0 aliphatic carbocycles. The number of hydrogen-bond acceptors (Lipinski definition) is 2. The molecule has 0 aromatic heterocycles. The molecule has 3 aliphatic heterocycles. The maximum atomic E-state index is 5.05. The highest BCUT2D eigenvalue weighted by molar-refractivity contribution is 5.12. The third-order valence-corrected chi connectivity index (χ3v) is 2.79. The highest BCUT2D eigenvalue weighted by Gasteiger charge is 2.29. The highest BCUT2D eigenvalue weighted by atomic mass is 16.5. The van der Waals surface area contributed by atoms with E-state index in [1.165, 1.54) is 31.5 Å². The first-order valence-corrected chi connectivity index (χ1v) is 4.34. The van der Waals surface area contributed by atoms with Crippen LogP contribution >= 0.6 is 0 Å². The first-order valence-electron chi connectivity index (χ1n) is 4.34. The smallest absolute Gasteiger partial charge is 0.0832 e. The number of rotatable bonds is 1. The fourth-order valence-electron chi connectivity index (χ4n) is 2.13. The molecule has 0 amide bonds. The van der Waals surface area contributed by atoms with Gasteiger partial charge >= 0.3 is 0 Å². The van der Waals surface area contributed by atoms with Crippen molar-refractivity contribution in [2.75, 3.05) is 26.7 Å². The Kier molecular flexibility index (Phi) is 1.86. The molecule has 0 saturated carbocycles. The quantitative estimate of drug-likeness (QED) is 0.525. The van der Waals surface area contributed by atoms with Gasteiger partial charge in [-0.05, 0) is 37.4 Å². The van der Waals surface area contributed by atoms with Crippen LogP contribution in [0.15, 0.2) is 11.8 Å². The molecule has 0 unspecified atom stereocenters. The second-order valence-corrected chi connectivity index (χ2v) is 3.48. The second kappa shape index (κ2) is 2.86. The molecule has 0 spiro atoms. The van der Waals surface area contributed by atoms with Gasteiger partial charge < -0.3 is 4.74 Å². The van der Waals surface area contributed by atoms with Crippen LogP contribution < -0.4 is 0 Å². The van der Waals surface area contributed by atoms with Crippen LogP contribution in [-0.4, -0.2) is 31.6 Å². The number of fused-ring (bicyclic) bond motifs is 3. The van der Waals surface area contributed by atoms with Crippen molar-refractivity contribution in [2.45, 2.75) is 12.8 Å². The van der Waals surface area contributed by atoms with Gasteiger partial charge in [-0.1, -0.05) is 0 Å². The van der Waals surface area contributed by atoms with Gasteiger partial charge in [-0.3, -0.25) is 4.90 Å². The van der Waals surface area contributed by atoms with E-state index in [0.29, 0.717) is 0 Å². The van der Waals surface area contributed by atoms with E-state index in [0.717, 1.165) is 12.5 Å². The van der Waals surface area contributed by atoms with E-state index in [9.17, 15) is 0 Å². The Labute approximate surface area is 67.8 Å². The molecular formula is C9H15NO. The van der Waals surface area contributed by atoms with Crippen molar-refractivity contribution in [1.29, 1.82) is 0 Å². The first-order chi connectivity index (χ1) is 5.40. The maximum absolute atomic E-state index is 5.05. The van der Waals surface area contributed by atoms with Gasteiger partial charge in [0.25, 0.3) is 0 Å². The normalized spacial score (nSPS) is 39.5. The zero-order valence-electron chi connectivity index (χ0n) is 7.05. The van der Waals surface area contributed by atoms with Crippen LogP contribution in [0.4, 0.5) is 0 Å². The zero-order valence-corrected chi connectivity index (χ0v) is 7.05. The van der Waals surface area contributed by atoms with Gasteiger partial charge in [-0.25, -0.2) is 0 Å². The summed E-state index contributed by atoms with van der Waals surface area (Å²) in [5.41, 5.74) is 1.50. The molecule has 3 aliphatic rings. The van der Waals surface area contributed by atoms with Crippen LogP contribution in [0, 0.1) is 5.92 Å². The average molecular weight is 153 g/mol. The zero-order chi connectivity index (χ0) is 7.68. The lowest BCUT2D eigenvalue weighted by Gasteiger charge is -2.40. The van der Waals surface area contributed by atoms with Gasteiger partial charge in [0.2, 0.25) is 0 Å². The largest absolute Gasteiger partial charge is 0.504 e. The van der Waals surface area contributed by atoms with Crippen molar-refractivity contribution in [3.05, 3.63) is 11.8 Å². The van der Waals surface area contributed by atoms with E-state index in [1.807, 2.05) is 6.26 Å². The van der Waals surface area contributed by atoms with Gasteiger partial charge in [-0.15, -0.1) is 0 Å². The summed E-state index contributed by atoms with van der Waals surface area (Å²) in [6.45, 7) is 3.75. The SMILES string of the molecule is COC=C1CN2CCC1CC2. The van der Waals surface area contributed by atoms with Crippen molar-refractivity contribution in [2.24, 2.45) is 5.92 Å². The van der Waals surface area contributed by atoms with Crippen LogP contribution in [0.1, 0.15) is 12.8 Å². The molecule has 11 heavy (non-hydrogen) atoms. The van der Waals surface area contributed by atoms with E-state index in [-0.39, 0.29) is 0 Å². The lowest BCUT2D eigenvalue weighted by Crippen LogP contribution is -2.43. The van der Waals surface area contributed by atoms with Crippen molar-refractivity contribution in [3.8, 4) is 0 Å². The summed E-state index contributed by atoms with van der Waals surface area (Å²) in [4.78, 5) is 2.50. The summed E-state index contributed by atoms with van der Waals surface area (Å²) in [5, 5.41) is 0. The van der Waals surface area contributed by atoms with Crippen LogP contribution in [0.25, 0.3) is 0 Å². The summed E-state index contributed by atoms with van der Waals surface area (Å²) in [5.74, 6) is 0.833. The molecule has 0 N–H and O–H groups in total. The molecule has 2 bridgehead atoms. The second-order valence-electron chi connectivity index (χ2n) is 3.48. The molecule has 0 atom stereocenters. The Balaban J connectivity index is 2.08. The number of methoxy groups -OCH3 is 1. The van der Waals surface area contributed by atoms with Crippen LogP contribution in [0.2, 0.25) is 0 Å². The maximum Gasteiger partial charge on any atom is 0.0832 e. The third kappa shape index (κ3) is 1.27. The van der Waals surface area contributed by atoms with Crippen LogP contribution in [-0.2, 0) is 4.74 Å². The van der Waals surface area contributed by atoms with Gasteiger partial charge in [0.05, 0.1) is 13.4 Å². The van der Waals surface area contributed by atoms with E-state index >= 15 is 0 Å². The topological polar surface area (TPSA) is 12.5 Å². The van der Waals surface area contributed by atoms with Gasteiger partial charge in [0, 0.05) is 6.54 Å². The van der Waals surface area contributed by atoms with Gasteiger partial charge in [-0.2, -0.15) is 0 Å². The van der Waals surface area contributed by atoms with Crippen molar-refractivity contribution in [1.82, 2.24) is 4.90 Å². The molecule has 0 aromatic carbocycles. The molecule has 2 nitrogen and oxygen atoms in total. The summed E-state index contributed by atoms with van der Waals surface area (Å²) in [7, 11) is 1.74. The Morgan fingerprint density at radius 3 is 2.64 bits per heavy atom. The Morgan fingerprint density at radius 2 is 2.18 bits per heavy atom. The standard InChI is InChI=1S/C9H15NO/c1-11-7-9-6-10-4-2-8(9)3-5-10/h7-8H,2-6H2,1H3. The van der Waals surface area contributed by atoms with E-state index in [2.05, 4.69) is 4.90 Å². The molecule has 62 valence electrons. The summed E-state index contributed by atoms with van der Waals surface area (Å²) < 4.78 is 5.05. The average Bonchev–Trinajstić information content (AvgIpc) is 2.07. The van der Waals surface area contributed by atoms with Crippen molar-refractivity contribution in [3.63, 3.8) is 0 Å². The number of nitrogens with zero attached hydrogens (tertiary/aromatic N) is 1. The van der Waals surface area contributed by atoms with Crippen LogP contribution in [0.5, 0.6) is 0 Å². The highest BCUT2D eigenvalue weighted by Crippen LogP contribution is 2.31. The fraction of sp³-hybridized carbons (Fsp3) is 0.778. The Morgan fingerprint density at radius 1 is 1.45 bits per heavy atom. The predicted molar refractivity (Wildman–Crippen MR) is 44.3 cm³/mol. The Hall–Kier alpha value is -0.500. The molecule has 3 fully saturated rings. The predicted octanol–water partition coefficient (Wildman–Crippen LogP) is 1.24. The number of piperidine rings is 3. The molecular weight excluding hydrogens is 138 g/mol. The number of hydrogen-bond donors (Lipinski definition) is 0. The van der Waals surface area contributed by atoms with E-state index < -0.39 is 0 Å². The summed E-state index contributed by atoms with van der Waals surface area (Å²) in [6.07, 6.45) is 4.63. The first kappa shape index (κ1) is 7.17. The minimum absolute atomic E-state index is 0.833. The molecule has 3 saturated heterocycles. The van der Waals surface area contributed by atoms with Gasteiger partial charge in [0.1, 0.15) is 0 Å². The summed E-state index contributed by atoms with van der Waals surface area (Å²) in [6, 6.07) is 0. The molecule has 3 rings (SSSR count). The van der Waals surface area contributed by atoms with E-state index in [4.69, 9.17) is 4.74 Å². The summed E-state index contributed by atoms with van der Waals surface area (Å²) >= 11 is 0. The lowest BCUT2D eigenvalue weighted by molar-refractivity contribution is 0.154. The molecule has 0 radical (unpaired) electrons. The Bertz CT molecular complexity index is 168. The molecule has 2 heteroatoms. The molecule has 0 aromatic rings. The monoisotopic (exact) mass is 153 g/mol. The van der Waals surface area contributed by atoms with Crippen LogP contribution in [0.3, 0.4) is 0 Å². The van der Waals surface area contributed by atoms with E-state index in [1.54, 1.807) is 7.11 Å². The van der Waals surface area contributed by atoms with Gasteiger partial charge in [0.15, 0.2) is 0 Å². The fourth-order valence-corrected chi connectivity index (χ4v) is 2.13. The van der Waals surface area contributed by atoms with Crippen molar-refractivity contribution >= 4 is 0 Å². The number of ether oxygens (including phenoxy) is 1. The minimum Gasteiger partial charge on any atom is -0.504 e. The molecule has 3 heterocycles. The minimum atomic E-state index is 0.833. The third-order valence-electron chi connectivity index (χ3n) is 2.79. The lowest BCUT2D eigenvalue weighted by atomic mass is 9.84.